The van der Waals surface area contributed by atoms with Crippen molar-refractivity contribution < 1.29 is 4.74 Å². The summed E-state index contributed by atoms with van der Waals surface area (Å²) in [5, 5.41) is 3.43. The molecule has 1 aliphatic heterocycles. The molecule has 0 radical (unpaired) electrons. The van der Waals surface area contributed by atoms with Crippen LogP contribution in [-0.2, 0) is 12.5 Å². The molecule has 0 saturated heterocycles. The Morgan fingerprint density at radius 2 is 1.29 bits per heavy atom. The number of aryl methyl sites for hydroxylation is 1. The van der Waals surface area contributed by atoms with Crippen molar-refractivity contribution in [3.63, 3.8) is 0 Å². The minimum Gasteiger partial charge on any atom is -0.457 e. The largest absolute Gasteiger partial charge is 0.457 e. The molecule has 10 rings (SSSR count). The number of para-hydroxylation sites is 3. The van der Waals surface area contributed by atoms with Gasteiger partial charge in [0.1, 0.15) is 24.0 Å². The molecule has 0 fully saturated rings. The zero-order valence-electron chi connectivity index (χ0n) is 31.4. The Balaban J connectivity index is 1.10. The van der Waals surface area contributed by atoms with Crippen LogP contribution in [0, 0.1) is 0 Å². The second kappa shape index (κ2) is 12.7. The molecule has 268 valence electrons. The van der Waals surface area contributed by atoms with Crippen LogP contribution < -0.4 is 14.5 Å². The van der Waals surface area contributed by atoms with E-state index < -0.39 is 0 Å². The molecule has 0 N–H and O–H groups in total. The zero-order chi connectivity index (χ0) is 37.3. The Morgan fingerprint density at radius 1 is 0.564 bits per heavy atom. The Labute approximate surface area is 321 Å². The number of ether oxygens (including phenoxy) is 1. The quantitative estimate of drug-likeness (QED) is 0.172. The lowest BCUT2D eigenvalue weighted by atomic mass is 9.86. The maximum Gasteiger partial charge on any atom is 0.139 e. The van der Waals surface area contributed by atoms with E-state index in [1.807, 2.05) is 6.20 Å². The summed E-state index contributed by atoms with van der Waals surface area (Å²) in [6, 6.07) is 54.0. The van der Waals surface area contributed by atoms with Crippen molar-refractivity contribution >= 4 is 55.5 Å². The van der Waals surface area contributed by atoms with Crippen LogP contribution in [0.15, 0.2) is 164 Å². The molecule has 0 bridgehead atoms. The highest BCUT2D eigenvalue weighted by Gasteiger charge is 2.29. The summed E-state index contributed by atoms with van der Waals surface area (Å²) in [6.07, 6.45) is 4.05. The number of rotatable bonds is 6. The van der Waals surface area contributed by atoms with Gasteiger partial charge >= 0.3 is 0 Å². The molecule has 4 heterocycles. The number of nitrogens with zero attached hydrogens (tertiary/aromatic N) is 5. The van der Waals surface area contributed by atoms with Crippen LogP contribution in [-0.4, -0.2) is 20.8 Å². The molecule has 0 amide bonds. The van der Waals surface area contributed by atoms with Gasteiger partial charge in [-0.1, -0.05) is 87.5 Å². The molecular weight excluding hydrogens is 675 g/mol. The molecule has 6 nitrogen and oxygen atoms in total. The van der Waals surface area contributed by atoms with E-state index in [9.17, 15) is 0 Å². The number of benzene rings is 6. The third-order valence-corrected chi connectivity index (χ3v) is 10.9. The number of hydrogen-bond acceptors (Lipinski definition) is 4. The van der Waals surface area contributed by atoms with Crippen molar-refractivity contribution in [3.05, 3.63) is 170 Å². The first-order chi connectivity index (χ1) is 26.8. The van der Waals surface area contributed by atoms with Gasteiger partial charge in [0.2, 0.25) is 0 Å². The van der Waals surface area contributed by atoms with Crippen molar-refractivity contribution in [2.45, 2.75) is 26.2 Å². The summed E-state index contributed by atoms with van der Waals surface area (Å²) in [4.78, 5) is 9.76. The van der Waals surface area contributed by atoms with Crippen LogP contribution in [0.3, 0.4) is 0 Å². The summed E-state index contributed by atoms with van der Waals surface area (Å²) in [5.74, 6) is 2.44. The van der Waals surface area contributed by atoms with Gasteiger partial charge in [-0.3, -0.25) is 4.57 Å². The zero-order valence-corrected chi connectivity index (χ0v) is 31.4. The molecule has 0 saturated carbocycles. The maximum absolute atomic E-state index is 6.90. The molecule has 3 aromatic heterocycles. The van der Waals surface area contributed by atoms with E-state index in [1.54, 1.807) is 0 Å². The van der Waals surface area contributed by atoms with E-state index in [0.717, 1.165) is 50.3 Å². The Bertz CT molecular complexity index is 2880. The van der Waals surface area contributed by atoms with Gasteiger partial charge in [-0.15, -0.1) is 0 Å². The predicted molar refractivity (Wildman–Crippen MR) is 228 cm³/mol. The summed E-state index contributed by atoms with van der Waals surface area (Å²) in [5.41, 5.74) is 11.4. The lowest BCUT2D eigenvalue weighted by Gasteiger charge is -2.26. The van der Waals surface area contributed by atoms with Crippen molar-refractivity contribution in [2.24, 2.45) is 7.05 Å². The van der Waals surface area contributed by atoms with Crippen molar-refractivity contribution in [2.75, 3.05) is 16.5 Å². The molecule has 0 aliphatic carbocycles. The van der Waals surface area contributed by atoms with E-state index in [1.165, 1.54) is 39.1 Å². The van der Waals surface area contributed by atoms with Crippen LogP contribution in [0.25, 0.3) is 49.7 Å². The Morgan fingerprint density at radius 3 is 2.05 bits per heavy atom. The maximum atomic E-state index is 6.90. The number of pyridine rings is 1. The molecular formula is C49H41N5O. The van der Waals surface area contributed by atoms with Crippen molar-refractivity contribution in [1.82, 2.24) is 14.1 Å². The molecule has 0 atom stereocenters. The fourth-order valence-corrected chi connectivity index (χ4v) is 8.03. The molecule has 6 heteroatoms. The van der Waals surface area contributed by atoms with Crippen LogP contribution in [0.1, 0.15) is 26.3 Å². The average molecular weight is 716 g/mol. The van der Waals surface area contributed by atoms with Crippen LogP contribution in [0.5, 0.6) is 11.5 Å². The van der Waals surface area contributed by atoms with Gasteiger partial charge in [0.15, 0.2) is 0 Å². The van der Waals surface area contributed by atoms with Gasteiger partial charge < -0.3 is 19.1 Å². The first-order valence-corrected chi connectivity index (χ1v) is 18.9. The highest BCUT2D eigenvalue weighted by molar-refractivity contribution is 6.11. The second-order valence-corrected chi connectivity index (χ2v) is 15.5. The molecule has 9 aromatic rings. The highest BCUT2D eigenvalue weighted by atomic mass is 16.5. The van der Waals surface area contributed by atoms with Crippen LogP contribution in [0.2, 0.25) is 0 Å². The van der Waals surface area contributed by atoms with Gasteiger partial charge in [0.25, 0.3) is 0 Å². The lowest BCUT2D eigenvalue weighted by molar-refractivity contribution is 0.479. The average Bonchev–Trinajstić information content (AvgIpc) is 3.89. The van der Waals surface area contributed by atoms with E-state index >= 15 is 0 Å². The molecule has 0 unspecified atom stereocenters. The lowest BCUT2D eigenvalue weighted by Crippen LogP contribution is -2.24. The van der Waals surface area contributed by atoms with Gasteiger partial charge in [-0.25, -0.2) is 4.98 Å². The third kappa shape index (κ3) is 5.69. The van der Waals surface area contributed by atoms with E-state index in [2.05, 4.69) is 205 Å². The summed E-state index contributed by atoms with van der Waals surface area (Å²) in [7, 11) is 2.08. The fourth-order valence-electron chi connectivity index (χ4n) is 8.03. The molecule has 55 heavy (non-hydrogen) atoms. The Kier molecular flexibility index (Phi) is 7.56. The third-order valence-electron chi connectivity index (χ3n) is 10.9. The SMILES string of the molecule is Cn1ccc2cnc(-n3c4ccc(-c5ccccc5)cc4c4ccc(Oc5cc(N6CN(c7ccccc7)c7ccccc76)cc(C(C)(C)C)c5)cc43)cc21. The fraction of sp³-hybridized carbons (Fsp3) is 0.122. The first kappa shape index (κ1) is 32.8. The minimum absolute atomic E-state index is 0.0967. The molecule has 0 spiro atoms. The first-order valence-electron chi connectivity index (χ1n) is 18.9. The van der Waals surface area contributed by atoms with Gasteiger partial charge in [0.05, 0.1) is 27.9 Å². The number of hydrogen-bond donors (Lipinski definition) is 0. The number of anilines is 4. The topological polar surface area (TPSA) is 38.5 Å². The van der Waals surface area contributed by atoms with E-state index in [-0.39, 0.29) is 5.41 Å². The molecule has 1 aliphatic rings. The summed E-state index contributed by atoms with van der Waals surface area (Å²) >= 11 is 0. The van der Waals surface area contributed by atoms with Crippen LogP contribution in [0.4, 0.5) is 22.7 Å². The second-order valence-electron chi connectivity index (χ2n) is 15.5. The van der Waals surface area contributed by atoms with Crippen molar-refractivity contribution in [3.8, 4) is 28.4 Å². The van der Waals surface area contributed by atoms with E-state index in [4.69, 9.17) is 9.72 Å². The van der Waals surface area contributed by atoms with Gasteiger partial charge in [0, 0.05) is 65.2 Å². The number of aromatic nitrogens is 3. The predicted octanol–water partition coefficient (Wildman–Crippen LogP) is 12.7. The number of fused-ring (bicyclic) bond motifs is 5. The van der Waals surface area contributed by atoms with E-state index in [0.29, 0.717) is 6.67 Å². The molecule has 6 aromatic carbocycles. The summed E-state index contributed by atoms with van der Waals surface area (Å²) in [6.45, 7) is 7.48. The normalized spacial score (nSPS) is 12.9. The summed E-state index contributed by atoms with van der Waals surface area (Å²) < 4.78 is 11.3. The van der Waals surface area contributed by atoms with Gasteiger partial charge in [-0.05, 0) is 88.8 Å². The van der Waals surface area contributed by atoms with Crippen LogP contribution >= 0.6 is 0 Å². The minimum atomic E-state index is -0.0967. The van der Waals surface area contributed by atoms with Gasteiger partial charge in [-0.2, -0.15) is 0 Å². The highest BCUT2D eigenvalue weighted by Crippen LogP contribution is 2.46. The van der Waals surface area contributed by atoms with Crippen molar-refractivity contribution in [1.29, 1.82) is 0 Å². The standard InChI is InChI=1S/C49H41N5O/c1-49(2,3)36-26-38(53-32-52(37-15-9-6-10-16-37)44-17-11-12-18-45(44)53)28-40(27-36)55-39-20-21-41-42-25-34(33-13-7-5-8-14-33)19-22-43(42)54(47(41)29-39)48-30-46-35(31-50-48)23-24-51(46)4/h5-31H,32H2,1-4H3. The monoisotopic (exact) mass is 715 g/mol. The Hall–Kier alpha value is -6.79. The smallest absolute Gasteiger partial charge is 0.139 e.